The van der Waals surface area contributed by atoms with Gasteiger partial charge in [-0.05, 0) is 24.6 Å². The molecule has 0 aliphatic heterocycles. The van der Waals surface area contributed by atoms with Gasteiger partial charge in [-0.3, -0.25) is 19.6 Å². The van der Waals surface area contributed by atoms with Crippen molar-refractivity contribution in [1.82, 2.24) is 9.97 Å². The number of nitrogens with one attached hydrogen (secondary N) is 1. The van der Waals surface area contributed by atoms with Gasteiger partial charge in [-0.1, -0.05) is 12.1 Å². The van der Waals surface area contributed by atoms with E-state index in [9.17, 15) is 9.59 Å². The third-order valence-corrected chi connectivity index (χ3v) is 3.55. The molecule has 0 radical (unpaired) electrons. The highest BCUT2D eigenvalue weighted by Gasteiger charge is 2.10. The Hall–Kier alpha value is -3.02. The standard InChI is InChI=1S/C17H15N3O3/c21-14(4-1-5-15(22)23)20-13-8-10-19-17-12(13)7-6-11-3-2-9-18-16(11)17/h2-3,6-10H,1,4-5H2,(H,22,23)(H,19,20,21). The van der Waals surface area contributed by atoms with Crippen LogP contribution in [0.3, 0.4) is 0 Å². The second-order valence-corrected chi connectivity index (χ2v) is 5.19. The average molecular weight is 309 g/mol. The molecule has 2 N–H and O–H groups in total. The van der Waals surface area contributed by atoms with E-state index in [4.69, 9.17) is 5.11 Å². The minimum Gasteiger partial charge on any atom is -0.481 e. The number of aliphatic carboxylic acids is 1. The number of hydrogen-bond donors (Lipinski definition) is 2. The van der Waals surface area contributed by atoms with Crippen LogP contribution in [0.25, 0.3) is 21.8 Å². The highest BCUT2D eigenvalue weighted by Crippen LogP contribution is 2.27. The monoisotopic (exact) mass is 309 g/mol. The Kier molecular flexibility index (Phi) is 4.14. The van der Waals surface area contributed by atoms with Gasteiger partial charge < -0.3 is 10.4 Å². The molecule has 0 aliphatic rings. The summed E-state index contributed by atoms with van der Waals surface area (Å²) >= 11 is 0. The van der Waals surface area contributed by atoms with E-state index in [1.54, 1.807) is 18.5 Å². The number of hydrogen-bond acceptors (Lipinski definition) is 4. The molecule has 0 aliphatic carbocycles. The van der Waals surface area contributed by atoms with Gasteiger partial charge in [0.25, 0.3) is 0 Å². The number of fused-ring (bicyclic) bond motifs is 3. The van der Waals surface area contributed by atoms with Crippen LogP contribution in [0, 0.1) is 0 Å². The second kappa shape index (κ2) is 6.39. The van der Waals surface area contributed by atoms with Gasteiger partial charge in [-0.2, -0.15) is 0 Å². The molecule has 6 nitrogen and oxygen atoms in total. The maximum absolute atomic E-state index is 12.0. The molecule has 0 fully saturated rings. The molecule has 0 unspecified atom stereocenters. The predicted octanol–water partition coefficient (Wildman–Crippen LogP) is 2.98. The molecule has 116 valence electrons. The van der Waals surface area contributed by atoms with Crippen LogP contribution in [0.5, 0.6) is 0 Å². The molecule has 2 aromatic heterocycles. The van der Waals surface area contributed by atoms with Crippen molar-refractivity contribution in [3.05, 3.63) is 42.7 Å². The van der Waals surface area contributed by atoms with Crippen molar-refractivity contribution in [2.45, 2.75) is 19.3 Å². The first-order chi connectivity index (χ1) is 11.1. The Morgan fingerprint density at radius 3 is 2.65 bits per heavy atom. The first-order valence-corrected chi connectivity index (χ1v) is 7.29. The molecule has 0 atom stereocenters. The summed E-state index contributed by atoms with van der Waals surface area (Å²) in [6.45, 7) is 0. The van der Waals surface area contributed by atoms with Gasteiger partial charge in [0, 0.05) is 36.0 Å². The highest BCUT2D eigenvalue weighted by atomic mass is 16.4. The number of carboxylic acid groups (broad SMARTS) is 1. The zero-order valence-electron chi connectivity index (χ0n) is 12.3. The first-order valence-electron chi connectivity index (χ1n) is 7.29. The fraction of sp³-hybridized carbons (Fsp3) is 0.176. The van der Waals surface area contributed by atoms with Crippen molar-refractivity contribution in [2.75, 3.05) is 5.32 Å². The maximum Gasteiger partial charge on any atom is 0.303 e. The third kappa shape index (κ3) is 3.26. The first kappa shape index (κ1) is 14.9. The van der Waals surface area contributed by atoms with Crippen LogP contribution in [-0.4, -0.2) is 27.0 Å². The van der Waals surface area contributed by atoms with Crippen LogP contribution in [0.4, 0.5) is 5.69 Å². The van der Waals surface area contributed by atoms with Crippen LogP contribution in [0.2, 0.25) is 0 Å². The summed E-state index contributed by atoms with van der Waals surface area (Å²) in [5.74, 6) is -1.11. The van der Waals surface area contributed by atoms with Crippen molar-refractivity contribution >= 4 is 39.4 Å². The van der Waals surface area contributed by atoms with E-state index in [0.29, 0.717) is 12.1 Å². The van der Waals surface area contributed by atoms with E-state index >= 15 is 0 Å². The van der Waals surface area contributed by atoms with E-state index < -0.39 is 5.97 Å². The molecule has 1 aromatic carbocycles. The fourth-order valence-electron chi connectivity index (χ4n) is 2.48. The number of benzene rings is 1. The summed E-state index contributed by atoms with van der Waals surface area (Å²) in [5, 5.41) is 13.2. The van der Waals surface area contributed by atoms with Crippen LogP contribution < -0.4 is 5.32 Å². The van der Waals surface area contributed by atoms with Gasteiger partial charge in [-0.15, -0.1) is 0 Å². The van der Waals surface area contributed by atoms with Gasteiger partial charge in [0.15, 0.2) is 0 Å². The highest BCUT2D eigenvalue weighted by molar-refractivity contribution is 6.09. The summed E-state index contributed by atoms with van der Waals surface area (Å²) in [7, 11) is 0. The van der Waals surface area contributed by atoms with E-state index in [0.717, 1.165) is 21.8 Å². The number of anilines is 1. The quantitative estimate of drug-likeness (QED) is 0.707. The zero-order valence-corrected chi connectivity index (χ0v) is 12.3. The van der Waals surface area contributed by atoms with Crippen molar-refractivity contribution < 1.29 is 14.7 Å². The minimum absolute atomic E-state index is 0.0148. The number of rotatable bonds is 5. The van der Waals surface area contributed by atoms with E-state index in [1.165, 1.54) is 0 Å². The van der Waals surface area contributed by atoms with E-state index in [2.05, 4.69) is 15.3 Å². The van der Waals surface area contributed by atoms with Gasteiger partial charge in [0.2, 0.25) is 5.91 Å². The van der Waals surface area contributed by atoms with E-state index in [1.807, 2.05) is 24.3 Å². The molecule has 2 heterocycles. The largest absolute Gasteiger partial charge is 0.481 e. The molecule has 0 saturated carbocycles. The van der Waals surface area contributed by atoms with Gasteiger partial charge in [0.05, 0.1) is 16.7 Å². The summed E-state index contributed by atoms with van der Waals surface area (Å²) in [6, 6.07) is 9.39. The van der Waals surface area contributed by atoms with Crippen molar-refractivity contribution in [2.24, 2.45) is 0 Å². The van der Waals surface area contributed by atoms with Crippen molar-refractivity contribution in [3.63, 3.8) is 0 Å². The lowest BCUT2D eigenvalue weighted by Gasteiger charge is -2.09. The molecule has 3 rings (SSSR count). The maximum atomic E-state index is 12.0. The number of carboxylic acids is 1. The number of pyridine rings is 2. The molecule has 1 amide bonds. The second-order valence-electron chi connectivity index (χ2n) is 5.19. The van der Waals surface area contributed by atoms with Crippen LogP contribution in [-0.2, 0) is 9.59 Å². The molecule has 0 saturated heterocycles. The number of carbonyl (C=O) groups is 2. The summed E-state index contributed by atoms with van der Waals surface area (Å²) < 4.78 is 0. The van der Waals surface area contributed by atoms with Crippen LogP contribution in [0.1, 0.15) is 19.3 Å². The van der Waals surface area contributed by atoms with E-state index in [-0.39, 0.29) is 18.7 Å². The van der Waals surface area contributed by atoms with Gasteiger partial charge in [0.1, 0.15) is 0 Å². The topological polar surface area (TPSA) is 92.2 Å². The van der Waals surface area contributed by atoms with Crippen LogP contribution in [0.15, 0.2) is 42.7 Å². The number of aromatic nitrogens is 2. The smallest absolute Gasteiger partial charge is 0.303 e. The number of nitrogens with zero attached hydrogens (tertiary/aromatic N) is 2. The Labute approximate surface area is 132 Å². The molecule has 23 heavy (non-hydrogen) atoms. The molecular formula is C17H15N3O3. The lowest BCUT2D eigenvalue weighted by molar-refractivity contribution is -0.137. The van der Waals surface area contributed by atoms with Gasteiger partial charge in [-0.25, -0.2) is 0 Å². The summed E-state index contributed by atoms with van der Waals surface area (Å²) in [5.41, 5.74) is 2.17. The lowest BCUT2D eigenvalue weighted by atomic mass is 10.1. The molecular weight excluding hydrogens is 294 g/mol. The summed E-state index contributed by atoms with van der Waals surface area (Å²) in [6.07, 6.45) is 3.81. The molecule has 0 spiro atoms. The average Bonchev–Trinajstić information content (AvgIpc) is 2.54. The molecule has 3 aromatic rings. The predicted molar refractivity (Wildman–Crippen MR) is 87.2 cm³/mol. The SMILES string of the molecule is O=C(O)CCCC(=O)Nc1ccnc2c1ccc1cccnc12. The molecule has 0 bridgehead atoms. The normalized spacial score (nSPS) is 10.8. The van der Waals surface area contributed by atoms with Crippen LogP contribution >= 0.6 is 0 Å². The van der Waals surface area contributed by atoms with Crippen molar-refractivity contribution in [3.8, 4) is 0 Å². The summed E-state index contributed by atoms with van der Waals surface area (Å²) in [4.78, 5) is 31.2. The fourth-order valence-corrected chi connectivity index (χ4v) is 2.48. The Bertz CT molecular complexity index is 893. The van der Waals surface area contributed by atoms with Gasteiger partial charge >= 0.3 is 5.97 Å². The number of amides is 1. The Morgan fingerprint density at radius 2 is 1.83 bits per heavy atom. The Morgan fingerprint density at radius 1 is 1.00 bits per heavy atom. The van der Waals surface area contributed by atoms with Crippen molar-refractivity contribution in [1.29, 1.82) is 0 Å². The lowest BCUT2D eigenvalue weighted by Crippen LogP contribution is -2.12. The molecule has 6 heteroatoms. The number of carbonyl (C=O) groups excluding carboxylic acids is 1. The zero-order chi connectivity index (χ0) is 16.2. The Balaban J connectivity index is 1.88. The third-order valence-electron chi connectivity index (χ3n) is 3.55. The minimum atomic E-state index is -0.898.